The number of benzene rings is 1. The molecule has 1 rings (SSSR count). The zero-order valence-corrected chi connectivity index (χ0v) is 8.81. The molecule has 0 atom stereocenters. The summed E-state index contributed by atoms with van der Waals surface area (Å²) in [4.78, 5) is 0. The van der Waals surface area contributed by atoms with Gasteiger partial charge in [0.05, 0.1) is 5.75 Å². The minimum atomic E-state index is -3.92. The van der Waals surface area contributed by atoms with Gasteiger partial charge in [0.15, 0.2) is 0 Å². The third-order valence-electron chi connectivity index (χ3n) is 1.61. The fraction of sp³-hybridized carbons (Fsp3) is 0.143. The molecule has 84 valence electrons. The Balaban J connectivity index is 3.11. The van der Waals surface area contributed by atoms with Crippen LogP contribution in [-0.2, 0) is 14.8 Å². The monoisotopic (exact) mass is 254 g/mol. The van der Waals surface area contributed by atoms with Crippen LogP contribution in [0.1, 0.15) is 5.56 Å². The van der Waals surface area contributed by atoms with Crippen LogP contribution in [0.5, 0.6) is 0 Å². The molecule has 0 unspecified atom stereocenters. The van der Waals surface area contributed by atoms with E-state index in [2.05, 4.69) is 0 Å². The van der Waals surface area contributed by atoms with Crippen LogP contribution >= 0.6 is 10.7 Å². The largest absolute Gasteiger partial charge is 0.628 e. The predicted molar refractivity (Wildman–Crippen MR) is 52.2 cm³/mol. The van der Waals surface area contributed by atoms with Crippen LogP contribution in [0.4, 0.5) is 10.1 Å². The van der Waals surface area contributed by atoms with Gasteiger partial charge in [-0.2, -0.15) is 0 Å². The quantitative estimate of drug-likeness (QED) is 0.625. The van der Waals surface area contributed by atoms with Gasteiger partial charge in [0.1, 0.15) is 11.5 Å². The third-order valence-corrected chi connectivity index (χ3v) is 2.59. The lowest BCUT2D eigenvalue weighted by atomic mass is 10.2. The summed E-state index contributed by atoms with van der Waals surface area (Å²) in [5.41, 5.74) is -0.599. The van der Waals surface area contributed by atoms with Crippen LogP contribution in [-0.4, -0.2) is 8.42 Å². The molecule has 1 N–H and O–H groups in total. The molecule has 0 radical (unpaired) electrons. The van der Waals surface area contributed by atoms with E-state index < -0.39 is 25.8 Å². The zero-order valence-electron chi connectivity index (χ0n) is 7.24. The molecule has 0 saturated heterocycles. The van der Waals surface area contributed by atoms with E-state index in [1.54, 1.807) is 0 Å². The van der Waals surface area contributed by atoms with E-state index in [9.17, 15) is 23.2 Å². The molecule has 0 fully saturated rings. The molecule has 5 nitrogen and oxygen atoms in total. The summed E-state index contributed by atoms with van der Waals surface area (Å²) in [5.74, 6) is -1.59. The van der Waals surface area contributed by atoms with Crippen molar-refractivity contribution in [2.24, 2.45) is 0 Å². The highest BCUT2D eigenvalue weighted by molar-refractivity contribution is 8.13. The third kappa shape index (κ3) is 3.73. The maximum absolute atomic E-state index is 13.0. The van der Waals surface area contributed by atoms with Crippen molar-refractivity contribution in [3.63, 3.8) is 0 Å². The first-order chi connectivity index (χ1) is 6.79. The molecular formula is C7H6ClFNO4S-. The molecule has 15 heavy (non-hydrogen) atoms. The van der Waals surface area contributed by atoms with Crippen LogP contribution in [0.25, 0.3) is 0 Å². The summed E-state index contributed by atoms with van der Waals surface area (Å²) in [6.07, 6.45) is 0. The summed E-state index contributed by atoms with van der Waals surface area (Å²) < 4.78 is 34.4. The fourth-order valence-electron chi connectivity index (χ4n) is 0.998. The Bertz CT molecular complexity index is 462. The van der Waals surface area contributed by atoms with Gasteiger partial charge < -0.3 is 15.6 Å². The van der Waals surface area contributed by atoms with Gasteiger partial charge in [-0.15, -0.1) is 0 Å². The molecular weight excluding hydrogens is 249 g/mol. The number of nitrogens with one attached hydrogen (secondary N) is 1. The second-order valence-electron chi connectivity index (χ2n) is 2.78. The van der Waals surface area contributed by atoms with Crippen LogP contribution in [0.2, 0.25) is 0 Å². The van der Waals surface area contributed by atoms with Crippen LogP contribution in [0.15, 0.2) is 18.2 Å². The number of rotatable bonds is 3. The maximum Gasteiger partial charge on any atom is 0.236 e. The van der Waals surface area contributed by atoms with E-state index in [0.717, 1.165) is 18.2 Å². The molecule has 0 spiro atoms. The van der Waals surface area contributed by atoms with Gasteiger partial charge in [-0.1, -0.05) is 0 Å². The molecule has 0 aromatic heterocycles. The Hall–Kier alpha value is -0.730. The van der Waals surface area contributed by atoms with Crippen LogP contribution < -0.4 is 5.23 Å². The topological polar surface area (TPSA) is 84.7 Å². The summed E-state index contributed by atoms with van der Waals surface area (Å²) >= 11 is 0. The fourth-order valence-corrected chi connectivity index (χ4v) is 1.94. The second kappa shape index (κ2) is 4.42. The number of halogens is 2. The summed E-state index contributed by atoms with van der Waals surface area (Å²) in [6.45, 7) is 0. The molecule has 0 amide bonds. The normalized spacial score (nSPS) is 12.1. The van der Waals surface area contributed by atoms with E-state index >= 15 is 0 Å². The van der Waals surface area contributed by atoms with Crippen molar-refractivity contribution in [1.29, 1.82) is 0 Å². The molecule has 8 heteroatoms. The van der Waals surface area contributed by atoms with Gasteiger partial charge in [0.25, 0.3) is 0 Å². The lowest BCUT2D eigenvalue weighted by Gasteiger charge is -2.24. The Kier molecular flexibility index (Phi) is 3.63. The molecule has 1 aromatic rings. The van der Waals surface area contributed by atoms with Crippen molar-refractivity contribution < 1.29 is 18.0 Å². The Morgan fingerprint density at radius 3 is 2.47 bits per heavy atom. The molecule has 0 aliphatic heterocycles. The van der Waals surface area contributed by atoms with Gasteiger partial charge in [0, 0.05) is 28.4 Å². The van der Waals surface area contributed by atoms with Crippen LogP contribution in [0, 0.1) is 16.2 Å². The van der Waals surface area contributed by atoms with Crippen molar-refractivity contribution in [3.8, 4) is 0 Å². The summed E-state index contributed by atoms with van der Waals surface area (Å²) in [7, 11) is 0.991. The van der Waals surface area contributed by atoms with Gasteiger partial charge in [-0.25, -0.2) is 12.8 Å². The smallest absolute Gasteiger partial charge is 0.236 e. The lowest BCUT2D eigenvalue weighted by molar-refractivity contribution is -0.715. The molecule has 0 heterocycles. The predicted octanol–water partition coefficient (Wildman–Crippen LogP) is 0.406. The molecule has 1 aromatic carbocycles. The molecule has 0 bridgehead atoms. The van der Waals surface area contributed by atoms with Crippen molar-refractivity contribution in [1.82, 2.24) is 0 Å². The SMILES string of the molecule is O=S(=O)(Cl)Cc1cc([NH+]([O-])[O-])ccc1F. The van der Waals surface area contributed by atoms with E-state index in [-0.39, 0.29) is 11.3 Å². The van der Waals surface area contributed by atoms with Gasteiger partial charge in [0.2, 0.25) is 9.05 Å². The van der Waals surface area contributed by atoms with Crippen molar-refractivity contribution in [2.45, 2.75) is 5.75 Å². The zero-order chi connectivity index (χ0) is 11.6. The van der Waals surface area contributed by atoms with E-state index in [4.69, 9.17) is 10.7 Å². The molecule has 0 aliphatic carbocycles. The summed E-state index contributed by atoms with van der Waals surface area (Å²) in [6, 6.07) is 2.71. The van der Waals surface area contributed by atoms with E-state index in [0.29, 0.717) is 0 Å². The van der Waals surface area contributed by atoms with Crippen molar-refractivity contribution in [2.75, 3.05) is 0 Å². The maximum atomic E-state index is 13.0. The Labute approximate surface area is 89.7 Å². The van der Waals surface area contributed by atoms with E-state index in [1.165, 1.54) is 0 Å². The van der Waals surface area contributed by atoms with Crippen molar-refractivity contribution in [3.05, 3.63) is 40.0 Å². The lowest BCUT2D eigenvalue weighted by Crippen LogP contribution is -2.96. The first-order valence-electron chi connectivity index (χ1n) is 3.72. The average Bonchev–Trinajstić information content (AvgIpc) is 2.06. The van der Waals surface area contributed by atoms with Gasteiger partial charge >= 0.3 is 0 Å². The minimum Gasteiger partial charge on any atom is -0.628 e. The van der Waals surface area contributed by atoms with E-state index in [1.807, 2.05) is 0 Å². The Morgan fingerprint density at radius 1 is 1.40 bits per heavy atom. The van der Waals surface area contributed by atoms with Gasteiger partial charge in [-0.05, 0) is 6.07 Å². The highest BCUT2D eigenvalue weighted by atomic mass is 35.7. The van der Waals surface area contributed by atoms with Crippen molar-refractivity contribution >= 4 is 25.4 Å². The van der Waals surface area contributed by atoms with Gasteiger partial charge in [-0.3, -0.25) is 0 Å². The molecule has 0 saturated carbocycles. The summed E-state index contributed by atoms with van der Waals surface area (Å²) in [5, 5.41) is 19.3. The molecule has 0 aliphatic rings. The van der Waals surface area contributed by atoms with Crippen LogP contribution in [0.3, 0.4) is 0 Å². The standard InChI is InChI=1S/C7H6ClFNO4S/c8-15(13,14)4-5-3-6(10(11)12)1-2-7(5)9/h1-3,10H,4H2/q-1. The first-order valence-corrected chi connectivity index (χ1v) is 6.19. The average molecular weight is 255 g/mol. The number of hydrogen-bond donors (Lipinski definition) is 1. The number of hydrogen-bond acceptors (Lipinski definition) is 4. The highest BCUT2D eigenvalue weighted by Gasteiger charge is 2.13. The highest BCUT2D eigenvalue weighted by Crippen LogP contribution is 2.16. The minimum absolute atomic E-state index is 0.299. The first kappa shape index (κ1) is 12.3. The Morgan fingerprint density at radius 2 is 2.00 bits per heavy atom. The second-order valence-corrected chi connectivity index (χ2v) is 5.55. The number of quaternary nitrogens is 1.